The van der Waals surface area contributed by atoms with Crippen LogP contribution in [0.25, 0.3) is 21.3 Å². The highest BCUT2D eigenvalue weighted by atomic mass is 32.1. The highest BCUT2D eigenvalue weighted by molar-refractivity contribution is 7.22. The molecule has 0 saturated heterocycles. The molecule has 9 nitrogen and oxygen atoms in total. The number of benzene rings is 3. The molecule has 1 aliphatic heterocycles. The van der Waals surface area contributed by atoms with Gasteiger partial charge in [0, 0.05) is 30.6 Å². The number of thiazole rings is 1. The van der Waals surface area contributed by atoms with Crippen LogP contribution in [0.15, 0.2) is 66.7 Å². The quantitative estimate of drug-likeness (QED) is 0.145. The van der Waals surface area contributed by atoms with Crippen LogP contribution < -0.4 is 15.0 Å². The number of carboxylic acid groups (broad SMARTS) is 1. The summed E-state index contributed by atoms with van der Waals surface area (Å²) in [6.07, 6.45) is 6.04. The van der Waals surface area contributed by atoms with Crippen molar-refractivity contribution >= 4 is 50.7 Å². The average Bonchev–Trinajstić information content (AvgIpc) is 3.54. The SMILES string of the molecule is Cc1c(OC2CCC(CC=O)CC2)cccc1-c1c(C(C)(C)C)cc(N2CCc3cccc(C(=O)Nc4nc5ccccc5s4)c3C2)nc1C(=O)O. The number of ether oxygens (including phenoxy) is 1. The van der Waals surface area contributed by atoms with Crippen LogP contribution in [0.3, 0.4) is 0 Å². The number of fused-ring (bicyclic) bond motifs is 2. The summed E-state index contributed by atoms with van der Waals surface area (Å²) in [4.78, 5) is 49.3. The summed E-state index contributed by atoms with van der Waals surface area (Å²) in [6, 6.07) is 21.4. The molecule has 1 fully saturated rings. The molecule has 1 saturated carbocycles. The number of pyridine rings is 1. The number of aromatic carboxylic acids is 1. The van der Waals surface area contributed by atoms with Crippen molar-refractivity contribution in [3.8, 4) is 16.9 Å². The smallest absolute Gasteiger partial charge is 0.355 e. The maximum atomic E-state index is 13.7. The van der Waals surface area contributed by atoms with Gasteiger partial charge in [0.15, 0.2) is 10.8 Å². The molecule has 0 bridgehead atoms. The van der Waals surface area contributed by atoms with E-state index in [0.717, 1.165) is 75.8 Å². The lowest BCUT2D eigenvalue weighted by Gasteiger charge is -2.33. The van der Waals surface area contributed by atoms with E-state index in [4.69, 9.17) is 9.72 Å². The van der Waals surface area contributed by atoms with Gasteiger partial charge in [0.05, 0.1) is 16.3 Å². The third-order valence-electron chi connectivity index (χ3n) is 10.4. The molecule has 52 heavy (non-hydrogen) atoms. The normalized spacial score (nSPS) is 17.4. The van der Waals surface area contributed by atoms with E-state index in [1.807, 2.05) is 67.6 Å². The first-order chi connectivity index (χ1) is 25.0. The molecule has 0 radical (unpaired) electrons. The Hall–Kier alpha value is -5.09. The number of rotatable bonds is 9. The van der Waals surface area contributed by atoms with Gasteiger partial charge < -0.3 is 19.5 Å². The fraction of sp³-hybridized carbons (Fsp3) is 0.357. The second-order valence-corrected chi connectivity index (χ2v) is 16.0. The first-order valence-electron chi connectivity index (χ1n) is 18.0. The number of aldehydes is 1. The van der Waals surface area contributed by atoms with Crippen molar-refractivity contribution in [1.82, 2.24) is 9.97 Å². The summed E-state index contributed by atoms with van der Waals surface area (Å²) in [5, 5.41) is 14.3. The average molecular weight is 717 g/mol. The van der Waals surface area contributed by atoms with E-state index >= 15 is 0 Å². The summed E-state index contributed by atoms with van der Waals surface area (Å²) in [7, 11) is 0. The monoisotopic (exact) mass is 716 g/mol. The van der Waals surface area contributed by atoms with Gasteiger partial charge in [-0.25, -0.2) is 14.8 Å². The van der Waals surface area contributed by atoms with Crippen molar-refractivity contribution in [3.63, 3.8) is 0 Å². The highest BCUT2D eigenvalue weighted by Crippen LogP contribution is 2.42. The molecule has 10 heteroatoms. The van der Waals surface area contributed by atoms with E-state index in [1.54, 1.807) is 0 Å². The molecular weight excluding hydrogens is 673 g/mol. The minimum absolute atomic E-state index is 0.00953. The Bertz CT molecular complexity index is 2130. The first-order valence-corrected chi connectivity index (χ1v) is 18.8. The Morgan fingerprint density at radius 1 is 1.02 bits per heavy atom. The predicted molar refractivity (Wildman–Crippen MR) is 206 cm³/mol. The molecule has 0 atom stereocenters. The zero-order valence-corrected chi connectivity index (χ0v) is 30.9. The Labute approximate surface area is 308 Å². The predicted octanol–water partition coefficient (Wildman–Crippen LogP) is 9.00. The Morgan fingerprint density at radius 3 is 2.52 bits per heavy atom. The van der Waals surface area contributed by atoms with Crippen LogP contribution in [0, 0.1) is 12.8 Å². The van der Waals surface area contributed by atoms with E-state index in [2.05, 4.69) is 42.0 Å². The zero-order valence-electron chi connectivity index (χ0n) is 30.1. The van der Waals surface area contributed by atoms with Crippen LogP contribution in [0.2, 0.25) is 0 Å². The van der Waals surface area contributed by atoms with Crippen molar-refractivity contribution in [2.45, 2.75) is 84.3 Å². The molecule has 3 aromatic carbocycles. The van der Waals surface area contributed by atoms with Gasteiger partial charge in [0.25, 0.3) is 5.91 Å². The molecule has 2 aliphatic rings. The highest BCUT2D eigenvalue weighted by Gasteiger charge is 2.31. The zero-order chi connectivity index (χ0) is 36.6. The number of carbonyl (C=O) groups excluding carboxylic acids is 2. The Balaban J connectivity index is 1.21. The number of hydrogen-bond donors (Lipinski definition) is 2. The van der Waals surface area contributed by atoms with Gasteiger partial charge in [-0.2, -0.15) is 0 Å². The van der Waals surface area contributed by atoms with Crippen molar-refractivity contribution in [1.29, 1.82) is 0 Å². The minimum atomic E-state index is -1.10. The van der Waals surface area contributed by atoms with Crippen molar-refractivity contribution < 1.29 is 24.2 Å². The molecule has 0 spiro atoms. The number of carbonyl (C=O) groups is 3. The van der Waals surface area contributed by atoms with Gasteiger partial charge in [0.1, 0.15) is 17.9 Å². The molecule has 1 aliphatic carbocycles. The molecule has 5 aromatic rings. The number of nitrogens with zero attached hydrogens (tertiary/aromatic N) is 3. The van der Waals surface area contributed by atoms with Crippen molar-refractivity contribution in [3.05, 3.63) is 100 Å². The van der Waals surface area contributed by atoms with Gasteiger partial charge in [-0.05, 0) is 109 Å². The molecule has 3 heterocycles. The first kappa shape index (κ1) is 35.3. The molecule has 7 rings (SSSR count). The molecular formula is C42H44N4O5S. The van der Waals surface area contributed by atoms with E-state index in [0.29, 0.717) is 53.9 Å². The molecule has 1 amide bonds. The van der Waals surface area contributed by atoms with E-state index in [9.17, 15) is 19.5 Å². The number of hydrogen-bond acceptors (Lipinski definition) is 8. The summed E-state index contributed by atoms with van der Waals surface area (Å²) in [5.74, 6) is 0.392. The number of carboxylic acids is 1. The third-order valence-corrected chi connectivity index (χ3v) is 11.4. The third kappa shape index (κ3) is 7.17. The number of amides is 1. The number of aromatic nitrogens is 2. The molecule has 2 aromatic heterocycles. The van der Waals surface area contributed by atoms with Crippen LogP contribution in [0.5, 0.6) is 5.75 Å². The summed E-state index contributed by atoms with van der Waals surface area (Å²) in [6.45, 7) is 9.28. The second kappa shape index (κ2) is 14.5. The van der Waals surface area contributed by atoms with Crippen LogP contribution in [0.1, 0.15) is 96.0 Å². The van der Waals surface area contributed by atoms with Gasteiger partial charge in [-0.15, -0.1) is 0 Å². The summed E-state index contributed by atoms with van der Waals surface area (Å²) >= 11 is 1.44. The van der Waals surface area contributed by atoms with Gasteiger partial charge in [0.2, 0.25) is 0 Å². The summed E-state index contributed by atoms with van der Waals surface area (Å²) < 4.78 is 7.54. The van der Waals surface area contributed by atoms with E-state index < -0.39 is 11.4 Å². The topological polar surface area (TPSA) is 122 Å². The maximum absolute atomic E-state index is 13.7. The standard InChI is InChI=1S/C42H44N4O5S/c1-25-29(10-8-13-34(25)51-28-17-15-26(16-18-28)20-22-47)37-32(42(2,3)4)23-36(44-38(37)40(49)50)46-21-19-27-9-7-11-30(31(27)24-46)39(48)45-41-43-33-12-5-6-14-35(33)52-41/h5-14,22-23,26,28H,15-21,24H2,1-4H3,(H,49,50)(H,43,45,48). The van der Waals surface area contributed by atoms with Crippen LogP contribution in [0.4, 0.5) is 10.9 Å². The number of anilines is 2. The van der Waals surface area contributed by atoms with Crippen LogP contribution in [-0.4, -0.2) is 45.9 Å². The fourth-order valence-corrected chi connectivity index (χ4v) is 8.47. The molecule has 268 valence electrons. The van der Waals surface area contributed by atoms with Crippen LogP contribution >= 0.6 is 11.3 Å². The van der Waals surface area contributed by atoms with E-state index in [1.165, 1.54) is 11.3 Å². The van der Waals surface area contributed by atoms with E-state index in [-0.39, 0.29) is 17.7 Å². The maximum Gasteiger partial charge on any atom is 0.355 e. The fourth-order valence-electron chi connectivity index (χ4n) is 7.61. The number of nitrogens with one attached hydrogen (secondary N) is 1. The molecule has 2 N–H and O–H groups in total. The number of para-hydroxylation sites is 1. The summed E-state index contributed by atoms with van der Waals surface area (Å²) in [5.41, 5.74) is 6.08. The van der Waals surface area contributed by atoms with Gasteiger partial charge in [-0.1, -0.05) is 68.5 Å². The Morgan fingerprint density at radius 2 is 1.79 bits per heavy atom. The van der Waals surface area contributed by atoms with Gasteiger partial charge in [-0.3, -0.25) is 10.1 Å². The lowest BCUT2D eigenvalue weighted by Crippen LogP contribution is -2.33. The van der Waals surface area contributed by atoms with Crippen LogP contribution in [-0.2, 0) is 23.2 Å². The largest absolute Gasteiger partial charge is 0.490 e. The minimum Gasteiger partial charge on any atom is -0.490 e. The lowest BCUT2D eigenvalue weighted by molar-refractivity contribution is -0.109. The Kier molecular flexibility index (Phi) is 9.85. The van der Waals surface area contributed by atoms with Gasteiger partial charge >= 0.3 is 5.97 Å². The lowest BCUT2D eigenvalue weighted by atomic mass is 9.80. The second-order valence-electron chi connectivity index (χ2n) is 15.0. The molecule has 0 unspecified atom stereocenters. The van der Waals surface area contributed by atoms with Crippen molar-refractivity contribution in [2.75, 3.05) is 16.8 Å². The van der Waals surface area contributed by atoms with Crippen molar-refractivity contribution in [2.24, 2.45) is 5.92 Å².